The fourth-order valence-electron chi connectivity index (χ4n) is 4.06. The summed E-state index contributed by atoms with van der Waals surface area (Å²) in [5.41, 5.74) is 5.92. The summed E-state index contributed by atoms with van der Waals surface area (Å²) in [6.07, 6.45) is 3.20. The van der Waals surface area contributed by atoms with Crippen molar-refractivity contribution in [2.45, 2.75) is 26.2 Å². The van der Waals surface area contributed by atoms with Crippen LogP contribution in [0.5, 0.6) is 0 Å². The molecular formula is C26H28N2O. The Labute approximate surface area is 173 Å². The number of piperidine rings is 1. The number of aryl methyl sites for hydroxylation is 1. The summed E-state index contributed by atoms with van der Waals surface area (Å²) in [4.78, 5) is 14.5. The second kappa shape index (κ2) is 8.95. The number of amides is 2. The Morgan fingerprint density at radius 3 is 2.28 bits per heavy atom. The molecule has 3 heteroatoms. The highest BCUT2D eigenvalue weighted by molar-refractivity contribution is 5.89. The average molecular weight is 385 g/mol. The normalized spacial score (nSPS) is 14.6. The van der Waals surface area contributed by atoms with Crippen LogP contribution in [-0.4, -0.2) is 24.0 Å². The van der Waals surface area contributed by atoms with E-state index < -0.39 is 0 Å². The molecule has 1 N–H and O–H groups in total. The van der Waals surface area contributed by atoms with Crippen molar-refractivity contribution in [3.8, 4) is 11.1 Å². The van der Waals surface area contributed by atoms with E-state index >= 15 is 0 Å². The molecule has 1 aliphatic heterocycles. The predicted octanol–water partition coefficient (Wildman–Crippen LogP) is 6.15. The monoisotopic (exact) mass is 384 g/mol. The van der Waals surface area contributed by atoms with Gasteiger partial charge in [-0.3, -0.25) is 0 Å². The van der Waals surface area contributed by atoms with E-state index in [2.05, 4.69) is 53.8 Å². The van der Waals surface area contributed by atoms with Crippen molar-refractivity contribution in [2.24, 2.45) is 5.92 Å². The molecule has 0 saturated carbocycles. The van der Waals surface area contributed by atoms with Crippen molar-refractivity contribution in [3.63, 3.8) is 0 Å². The maximum absolute atomic E-state index is 12.5. The van der Waals surface area contributed by atoms with Gasteiger partial charge in [-0.25, -0.2) is 4.79 Å². The van der Waals surface area contributed by atoms with Crippen LogP contribution in [0.25, 0.3) is 11.1 Å². The standard InChI is InChI=1S/C26H28N2O/c1-20-6-5-9-25(18-20)27-26(29)28-16-14-22(15-17-28)19-21-10-12-24(13-11-21)23-7-3-2-4-8-23/h2-13,18,22H,14-17,19H2,1H3,(H,27,29). The lowest BCUT2D eigenvalue weighted by Crippen LogP contribution is -2.41. The number of anilines is 1. The van der Waals surface area contributed by atoms with Crippen molar-refractivity contribution in [1.29, 1.82) is 0 Å². The van der Waals surface area contributed by atoms with Crippen LogP contribution < -0.4 is 5.32 Å². The average Bonchev–Trinajstić information content (AvgIpc) is 2.75. The smallest absolute Gasteiger partial charge is 0.321 e. The molecule has 1 saturated heterocycles. The van der Waals surface area contributed by atoms with Crippen molar-refractivity contribution >= 4 is 11.7 Å². The molecule has 0 radical (unpaired) electrons. The van der Waals surface area contributed by atoms with Gasteiger partial charge in [0.1, 0.15) is 0 Å². The third kappa shape index (κ3) is 5.05. The van der Waals surface area contributed by atoms with E-state index in [1.165, 1.54) is 16.7 Å². The number of carbonyl (C=O) groups is 1. The Morgan fingerprint density at radius 2 is 1.59 bits per heavy atom. The van der Waals surface area contributed by atoms with Gasteiger partial charge in [0.15, 0.2) is 0 Å². The molecule has 1 heterocycles. The van der Waals surface area contributed by atoms with Gasteiger partial charge < -0.3 is 10.2 Å². The van der Waals surface area contributed by atoms with Gasteiger partial charge in [-0.05, 0) is 66.5 Å². The van der Waals surface area contributed by atoms with Gasteiger partial charge in [-0.2, -0.15) is 0 Å². The molecule has 0 aliphatic carbocycles. The third-order valence-corrected chi connectivity index (χ3v) is 5.76. The first kappa shape index (κ1) is 19.3. The number of rotatable bonds is 4. The van der Waals surface area contributed by atoms with Crippen LogP contribution in [0.1, 0.15) is 24.0 Å². The van der Waals surface area contributed by atoms with E-state index in [-0.39, 0.29) is 6.03 Å². The zero-order valence-electron chi connectivity index (χ0n) is 17.0. The van der Waals surface area contributed by atoms with Crippen LogP contribution in [0.2, 0.25) is 0 Å². The first-order valence-corrected chi connectivity index (χ1v) is 10.4. The molecule has 3 nitrogen and oxygen atoms in total. The van der Waals surface area contributed by atoms with Crippen LogP contribution in [0, 0.1) is 12.8 Å². The highest BCUT2D eigenvalue weighted by atomic mass is 16.2. The van der Waals surface area contributed by atoms with E-state index in [1.54, 1.807) is 0 Å². The summed E-state index contributed by atoms with van der Waals surface area (Å²) < 4.78 is 0. The Hall–Kier alpha value is -3.07. The fraction of sp³-hybridized carbons (Fsp3) is 0.269. The van der Waals surface area contributed by atoms with E-state index in [0.717, 1.165) is 43.6 Å². The topological polar surface area (TPSA) is 32.3 Å². The molecule has 0 bridgehead atoms. The zero-order chi connectivity index (χ0) is 20.1. The molecule has 148 valence electrons. The molecular weight excluding hydrogens is 356 g/mol. The molecule has 1 aliphatic rings. The summed E-state index contributed by atoms with van der Waals surface area (Å²) >= 11 is 0. The molecule has 3 aromatic carbocycles. The highest BCUT2D eigenvalue weighted by Crippen LogP contribution is 2.25. The first-order chi connectivity index (χ1) is 14.2. The Bertz CT molecular complexity index is 942. The Balaban J connectivity index is 1.28. The number of benzene rings is 3. The molecule has 3 aromatic rings. The second-order valence-corrected chi connectivity index (χ2v) is 8.00. The summed E-state index contributed by atoms with van der Waals surface area (Å²) in [5, 5.41) is 3.03. The van der Waals surface area contributed by atoms with Crippen molar-refractivity contribution in [2.75, 3.05) is 18.4 Å². The lowest BCUT2D eigenvalue weighted by Gasteiger charge is -2.32. The minimum atomic E-state index is 0.0151. The van der Waals surface area contributed by atoms with Gasteiger partial charge in [-0.1, -0.05) is 66.7 Å². The molecule has 29 heavy (non-hydrogen) atoms. The Morgan fingerprint density at radius 1 is 0.897 bits per heavy atom. The molecule has 0 aromatic heterocycles. The van der Waals surface area contributed by atoms with Gasteiger partial charge >= 0.3 is 6.03 Å². The van der Waals surface area contributed by atoms with Gasteiger partial charge in [0, 0.05) is 18.8 Å². The van der Waals surface area contributed by atoms with Gasteiger partial charge in [0.2, 0.25) is 0 Å². The number of hydrogen-bond acceptors (Lipinski definition) is 1. The van der Waals surface area contributed by atoms with E-state index in [0.29, 0.717) is 5.92 Å². The van der Waals surface area contributed by atoms with Crippen LogP contribution in [0.4, 0.5) is 10.5 Å². The molecule has 0 unspecified atom stereocenters. The maximum Gasteiger partial charge on any atom is 0.321 e. The number of urea groups is 1. The quantitative estimate of drug-likeness (QED) is 0.575. The third-order valence-electron chi connectivity index (χ3n) is 5.76. The summed E-state index contributed by atoms with van der Waals surface area (Å²) in [6.45, 7) is 3.68. The van der Waals surface area contributed by atoms with E-state index in [4.69, 9.17) is 0 Å². The molecule has 2 amide bonds. The lowest BCUT2D eigenvalue weighted by atomic mass is 9.89. The number of nitrogens with one attached hydrogen (secondary N) is 1. The van der Waals surface area contributed by atoms with E-state index in [1.807, 2.05) is 42.2 Å². The molecule has 1 fully saturated rings. The highest BCUT2D eigenvalue weighted by Gasteiger charge is 2.23. The molecule has 0 atom stereocenters. The summed E-state index contributed by atoms with van der Waals surface area (Å²) in [6, 6.07) is 27.4. The Kier molecular flexibility index (Phi) is 5.95. The minimum Gasteiger partial charge on any atom is -0.325 e. The first-order valence-electron chi connectivity index (χ1n) is 10.4. The number of likely N-dealkylation sites (tertiary alicyclic amines) is 1. The summed E-state index contributed by atoms with van der Waals surface area (Å²) in [7, 11) is 0. The van der Waals surface area contributed by atoms with Gasteiger partial charge in [-0.15, -0.1) is 0 Å². The number of nitrogens with zero attached hydrogens (tertiary/aromatic N) is 1. The summed E-state index contributed by atoms with van der Waals surface area (Å²) in [5.74, 6) is 0.639. The second-order valence-electron chi connectivity index (χ2n) is 8.00. The SMILES string of the molecule is Cc1cccc(NC(=O)N2CCC(Cc3ccc(-c4ccccc4)cc3)CC2)c1. The predicted molar refractivity (Wildman–Crippen MR) is 120 cm³/mol. The molecule has 4 rings (SSSR count). The number of hydrogen-bond donors (Lipinski definition) is 1. The molecule has 0 spiro atoms. The van der Waals surface area contributed by atoms with Crippen LogP contribution in [0.3, 0.4) is 0 Å². The van der Waals surface area contributed by atoms with Crippen molar-refractivity contribution < 1.29 is 4.79 Å². The van der Waals surface area contributed by atoms with Gasteiger partial charge in [0.05, 0.1) is 0 Å². The van der Waals surface area contributed by atoms with Crippen molar-refractivity contribution in [1.82, 2.24) is 4.90 Å². The minimum absolute atomic E-state index is 0.0151. The van der Waals surface area contributed by atoms with Crippen LogP contribution in [0.15, 0.2) is 78.9 Å². The lowest BCUT2D eigenvalue weighted by molar-refractivity contribution is 0.182. The van der Waals surface area contributed by atoms with Crippen LogP contribution in [-0.2, 0) is 6.42 Å². The van der Waals surface area contributed by atoms with Crippen LogP contribution >= 0.6 is 0 Å². The maximum atomic E-state index is 12.5. The van der Waals surface area contributed by atoms with E-state index in [9.17, 15) is 4.79 Å². The fourth-order valence-corrected chi connectivity index (χ4v) is 4.06. The van der Waals surface area contributed by atoms with Crippen molar-refractivity contribution in [3.05, 3.63) is 90.0 Å². The largest absolute Gasteiger partial charge is 0.325 e. The number of carbonyl (C=O) groups excluding carboxylic acids is 1. The zero-order valence-corrected chi connectivity index (χ0v) is 17.0. The van der Waals surface area contributed by atoms with Gasteiger partial charge in [0.25, 0.3) is 0 Å².